The van der Waals surface area contributed by atoms with Crippen molar-refractivity contribution in [2.24, 2.45) is 5.73 Å². The fourth-order valence-electron chi connectivity index (χ4n) is 2.96. The lowest BCUT2D eigenvalue weighted by Crippen LogP contribution is -2.35. The summed E-state index contributed by atoms with van der Waals surface area (Å²) in [6.07, 6.45) is 2.16. The predicted molar refractivity (Wildman–Crippen MR) is 82.5 cm³/mol. The Morgan fingerprint density at radius 1 is 1.05 bits per heavy atom. The van der Waals surface area contributed by atoms with Crippen molar-refractivity contribution >= 4 is 5.96 Å². The monoisotopic (exact) mass is 265 g/mol. The Morgan fingerprint density at radius 2 is 1.80 bits per heavy atom. The number of benzene rings is 2. The van der Waals surface area contributed by atoms with Crippen LogP contribution in [-0.2, 0) is 0 Å². The molecule has 1 atom stereocenters. The molecule has 102 valence electrons. The van der Waals surface area contributed by atoms with Crippen molar-refractivity contribution < 1.29 is 0 Å². The second-order valence-corrected chi connectivity index (χ2v) is 5.23. The first-order valence-electron chi connectivity index (χ1n) is 7.02. The molecule has 3 N–H and O–H groups in total. The number of nitrogens with one attached hydrogen (secondary N) is 1. The molecule has 2 aromatic carbocycles. The molecule has 0 aromatic heterocycles. The third kappa shape index (κ3) is 2.39. The highest BCUT2D eigenvalue weighted by molar-refractivity contribution is 5.75. The van der Waals surface area contributed by atoms with Gasteiger partial charge in [0.05, 0.1) is 6.04 Å². The zero-order chi connectivity index (χ0) is 13.9. The fourth-order valence-corrected chi connectivity index (χ4v) is 2.96. The number of nitrogens with zero attached hydrogens (tertiary/aromatic N) is 1. The van der Waals surface area contributed by atoms with Crippen LogP contribution in [0, 0.1) is 5.41 Å². The second-order valence-electron chi connectivity index (χ2n) is 5.23. The first-order chi connectivity index (χ1) is 9.75. The maximum atomic E-state index is 7.69. The Morgan fingerprint density at radius 3 is 2.55 bits per heavy atom. The molecule has 1 heterocycles. The molecule has 0 amide bonds. The summed E-state index contributed by atoms with van der Waals surface area (Å²) in [5.74, 6) is 0.178. The molecule has 3 nitrogen and oxygen atoms in total. The SMILES string of the molecule is N=C(N)N1CCCC1c1cccc(-c2ccccc2)c1. The van der Waals surface area contributed by atoms with Gasteiger partial charge in [0.15, 0.2) is 5.96 Å². The van der Waals surface area contributed by atoms with Crippen molar-refractivity contribution in [1.82, 2.24) is 4.90 Å². The maximum absolute atomic E-state index is 7.69. The lowest BCUT2D eigenvalue weighted by Gasteiger charge is -2.25. The van der Waals surface area contributed by atoms with Crippen LogP contribution in [0.15, 0.2) is 54.6 Å². The topological polar surface area (TPSA) is 53.1 Å². The van der Waals surface area contributed by atoms with Gasteiger partial charge < -0.3 is 10.6 Å². The molecule has 0 aliphatic carbocycles. The molecule has 0 spiro atoms. The van der Waals surface area contributed by atoms with Crippen LogP contribution in [-0.4, -0.2) is 17.4 Å². The third-order valence-electron chi connectivity index (χ3n) is 3.94. The minimum absolute atomic E-state index is 0.178. The largest absolute Gasteiger partial charge is 0.370 e. The van der Waals surface area contributed by atoms with Crippen molar-refractivity contribution in [3.05, 3.63) is 60.2 Å². The standard InChI is InChI=1S/C17H19N3/c18-17(19)20-11-5-10-16(20)15-9-4-8-14(12-15)13-6-2-1-3-7-13/h1-4,6-9,12,16H,5,10-11H2,(H3,18,19). The van der Waals surface area contributed by atoms with Gasteiger partial charge in [0.2, 0.25) is 0 Å². The quantitative estimate of drug-likeness (QED) is 0.646. The average Bonchev–Trinajstić information content (AvgIpc) is 2.98. The Bertz CT molecular complexity index is 607. The lowest BCUT2D eigenvalue weighted by atomic mass is 9.98. The van der Waals surface area contributed by atoms with E-state index in [0.29, 0.717) is 0 Å². The number of hydrogen-bond donors (Lipinski definition) is 2. The third-order valence-corrected chi connectivity index (χ3v) is 3.94. The number of rotatable bonds is 2. The van der Waals surface area contributed by atoms with Crippen molar-refractivity contribution in [2.45, 2.75) is 18.9 Å². The molecule has 0 bridgehead atoms. The Labute approximate surface area is 119 Å². The van der Waals surface area contributed by atoms with Gasteiger partial charge in [-0.15, -0.1) is 0 Å². The molecule has 20 heavy (non-hydrogen) atoms. The van der Waals surface area contributed by atoms with E-state index >= 15 is 0 Å². The normalized spacial score (nSPS) is 18.2. The van der Waals surface area contributed by atoms with Gasteiger partial charge in [0.1, 0.15) is 0 Å². The van der Waals surface area contributed by atoms with E-state index < -0.39 is 0 Å². The fraction of sp³-hybridized carbons (Fsp3) is 0.235. The molecule has 1 aliphatic heterocycles. The Kier molecular flexibility index (Phi) is 3.42. The summed E-state index contributed by atoms with van der Waals surface area (Å²) in [6, 6.07) is 19.2. The van der Waals surface area contributed by atoms with Crippen LogP contribution in [0.2, 0.25) is 0 Å². The van der Waals surface area contributed by atoms with Gasteiger partial charge in [0, 0.05) is 6.54 Å². The molecule has 1 unspecified atom stereocenters. The summed E-state index contributed by atoms with van der Waals surface area (Å²) in [5.41, 5.74) is 9.38. The van der Waals surface area contributed by atoms with E-state index in [1.54, 1.807) is 0 Å². The number of guanidine groups is 1. The second kappa shape index (κ2) is 5.37. The molecular weight excluding hydrogens is 246 g/mol. The predicted octanol–water partition coefficient (Wildman–Crippen LogP) is 3.38. The molecule has 3 heteroatoms. The highest BCUT2D eigenvalue weighted by Gasteiger charge is 2.26. The molecule has 3 rings (SSSR count). The molecular formula is C17H19N3. The minimum Gasteiger partial charge on any atom is -0.370 e. The van der Waals surface area contributed by atoms with Crippen LogP contribution in [0.5, 0.6) is 0 Å². The van der Waals surface area contributed by atoms with Gasteiger partial charge in [-0.3, -0.25) is 5.41 Å². The van der Waals surface area contributed by atoms with Crippen LogP contribution in [0.25, 0.3) is 11.1 Å². The van der Waals surface area contributed by atoms with Gasteiger partial charge in [-0.1, -0.05) is 48.5 Å². The average molecular weight is 265 g/mol. The molecule has 0 radical (unpaired) electrons. The summed E-state index contributed by atoms with van der Waals surface area (Å²) in [6.45, 7) is 0.884. The smallest absolute Gasteiger partial charge is 0.188 e. The summed E-state index contributed by atoms with van der Waals surface area (Å²) in [5, 5.41) is 7.69. The van der Waals surface area contributed by atoms with E-state index in [0.717, 1.165) is 19.4 Å². The van der Waals surface area contributed by atoms with Crippen LogP contribution < -0.4 is 5.73 Å². The number of nitrogens with two attached hydrogens (primary N) is 1. The van der Waals surface area contributed by atoms with Crippen LogP contribution in [0.4, 0.5) is 0 Å². The first-order valence-corrected chi connectivity index (χ1v) is 7.02. The van der Waals surface area contributed by atoms with Gasteiger partial charge >= 0.3 is 0 Å². The highest BCUT2D eigenvalue weighted by atomic mass is 15.3. The van der Waals surface area contributed by atoms with Gasteiger partial charge in [-0.25, -0.2) is 0 Å². The van der Waals surface area contributed by atoms with Gasteiger partial charge in [-0.2, -0.15) is 0 Å². The first kappa shape index (κ1) is 12.7. The van der Waals surface area contributed by atoms with Crippen molar-refractivity contribution in [1.29, 1.82) is 5.41 Å². The highest BCUT2D eigenvalue weighted by Crippen LogP contribution is 2.33. The van der Waals surface area contributed by atoms with Crippen molar-refractivity contribution in [3.63, 3.8) is 0 Å². The van der Waals surface area contributed by atoms with Gasteiger partial charge in [-0.05, 0) is 35.6 Å². The van der Waals surface area contributed by atoms with Crippen LogP contribution in [0.1, 0.15) is 24.4 Å². The number of likely N-dealkylation sites (tertiary alicyclic amines) is 1. The van der Waals surface area contributed by atoms with E-state index in [1.807, 2.05) is 11.0 Å². The summed E-state index contributed by atoms with van der Waals surface area (Å²) >= 11 is 0. The minimum atomic E-state index is 0.178. The van der Waals surface area contributed by atoms with Crippen LogP contribution in [0.3, 0.4) is 0 Å². The van der Waals surface area contributed by atoms with E-state index in [2.05, 4.69) is 48.5 Å². The zero-order valence-corrected chi connectivity index (χ0v) is 11.4. The summed E-state index contributed by atoms with van der Waals surface area (Å²) in [4.78, 5) is 1.99. The zero-order valence-electron chi connectivity index (χ0n) is 11.4. The molecule has 0 saturated carbocycles. The van der Waals surface area contributed by atoms with Crippen LogP contribution >= 0.6 is 0 Å². The van der Waals surface area contributed by atoms with Crippen molar-refractivity contribution in [2.75, 3.05) is 6.54 Å². The van der Waals surface area contributed by atoms with E-state index in [-0.39, 0.29) is 12.0 Å². The lowest BCUT2D eigenvalue weighted by molar-refractivity contribution is 0.393. The molecule has 1 aliphatic rings. The van der Waals surface area contributed by atoms with E-state index in [9.17, 15) is 0 Å². The Hall–Kier alpha value is -2.29. The maximum Gasteiger partial charge on any atom is 0.188 e. The summed E-state index contributed by atoms with van der Waals surface area (Å²) in [7, 11) is 0. The number of hydrogen-bond acceptors (Lipinski definition) is 1. The molecule has 2 aromatic rings. The summed E-state index contributed by atoms with van der Waals surface area (Å²) < 4.78 is 0. The van der Waals surface area contributed by atoms with E-state index in [4.69, 9.17) is 11.1 Å². The van der Waals surface area contributed by atoms with Crippen molar-refractivity contribution in [3.8, 4) is 11.1 Å². The Balaban J connectivity index is 1.94. The van der Waals surface area contributed by atoms with Gasteiger partial charge in [0.25, 0.3) is 0 Å². The molecule has 1 saturated heterocycles. The molecule has 1 fully saturated rings. The van der Waals surface area contributed by atoms with E-state index in [1.165, 1.54) is 16.7 Å².